The molecule has 2 aromatic rings. The number of carbonyl (C=O) groups excluding carboxylic acids is 2. The number of esters is 1. The van der Waals surface area contributed by atoms with Crippen molar-refractivity contribution in [1.82, 2.24) is 9.47 Å². The molecular weight excluding hydrogens is 380 g/mol. The molecule has 1 aliphatic rings. The summed E-state index contributed by atoms with van der Waals surface area (Å²) in [7, 11) is 1.69. The Kier molecular flexibility index (Phi) is 6.98. The molecule has 1 aliphatic carbocycles. The fourth-order valence-electron chi connectivity index (χ4n) is 3.53. The molecule has 160 valence electrons. The SMILES string of the molecule is CCOc1ccc(CN(C)C(=O)COC(=O)/C=C/c2cc(C)n(C3CC3)c2C)cc1. The van der Waals surface area contributed by atoms with E-state index in [1.165, 1.54) is 29.5 Å². The summed E-state index contributed by atoms with van der Waals surface area (Å²) < 4.78 is 12.9. The molecule has 1 aromatic heterocycles. The van der Waals surface area contributed by atoms with E-state index in [1.807, 2.05) is 31.2 Å². The highest BCUT2D eigenvalue weighted by Gasteiger charge is 2.26. The van der Waals surface area contributed by atoms with Gasteiger partial charge in [-0.15, -0.1) is 0 Å². The summed E-state index contributed by atoms with van der Waals surface area (Å²) in [4.78, 5) is 25.9. The van der Waals surface area contributed by atoms with E-state index in [2.05, 4.69) is 24.5 Å². The Balaban J connectivity index is 1.47. The van der Waals surface area contributed by atoms with Crippen LogP contribution in [-0.4, -0.2) is 41.6 Å². The predicted octanol–water partition coefficient (Wildman–Crippen LogP) is 4.05. The fourth-order valence-corrected chi connectivity index (χ4v) is 3.53. The van der Waals surface area contributed by atoms with E-state index in [1.54, 1.807) is 13.1 Å². The van der Waals surface area contributed by atoms with Crippen molar-refractivity contribution in [3.05, 3.63) is 58.9 Å². The largest absolute Gasteiger partial charge is 0.494 e. The molecule has 0 bridgehead atoms. The first-order valence-corrected chi connectivity index (χ1v) is 10.4. The van der Waals surface area contributed by atoms with Crippen molar-refractivity contribution < 1.29 is 19.1 Å². The van der Waals surface area contributed by atoms with Crippen molar-refractivity contribution in [2.24, 2.45) is 0 Å². The van der Waals surface area contributed by atoms with Crippen LogP contribution in [0.2, 0.25) is 0 Å². The third-order valence-electron chi connectivity index (χ3n) is 5.25. The summed E-state index contributed by atoms with van der Waals surface area (Å²) >= 11 is 0. The Morgan fingerprint density at radius 3 is 2.53 bits per heavy atom. The average Bonchev–Trinajstić information content (AvgIpc) is 3.51. The van der Waals surface area contributed by atoms with E-state index in [0.29, 0.717) is 19.2 Å². The molecule has 0 atom stereocenters. The number of amides is 1. The van der Waals surface area contributed by atoms with Crippen molar-refractivity contribution in [3.63, 3.8) is 0 Å². The van der Waals surface area contributed by atoms with Crippen LogP contribution in [0.1, 0.15) is 48.3 Å². The summed E-state index contributed by atoms with van der Waals surface area (Å²) in [5.74, 6) is 0.0282. The lowest BCUT2D eigenvalue weighted by molar-refractivity contribution is -0.147. The van der Waals surface area contributed by atoms with Crippen molar-refractivity contribution in [2.45, 2.75) is 46.2 Å². The zero-order valence-corrected chi connectivity index (χ0v) is 18.2. The molecular formula is C24H30N2O4. The fraction of sp³-hybridized carbons (Fsp3) is 0.417. The van der Waals surface area contributed by atoms with Gasteiger partial charge in [0, 0.05) is 37.1 Å². The minimum atomic E-state index is -0.519. The van der Waals surface area contributed by atoms with Gasteiger partial charge in [0.2, 0.25) is 0 Å². The lowest BCUT2D eigenvalue weighted by Crippen LogP contribution is -2.30. The molecule has 3 rings (SSSR count). The third kappa shape index (κ3) is 5.53. The zero-order valence-electron chi connectivity index (χ0n) is 18.2. The van der Waals surface area contributed by atoms with E-state index in [0.717, 1.165) is 22.6 Å². The second-order valence-electron chi connectivity index (χ2n) is 7.70. The normalized spacial score (nSPS) is 13.5. The summed E-state index contributed by atoms with van der Waals surface area (Å²) in [6.45, 7) is 6.85. The monoisotopic (exact) mass is 410 g/mol. The second-order valence-corrected chi connectivity index (χ2v) is 7.70. The summed E-state index contributed by atoms with van der Waals surface area (Å²) in [6.07, 6.45) is 5.58. The smallest absolute Gasteiger partial charge is 0.331 e. The van der Waals surface area contributed by atoms with Crippen LogP contribution in [0, 0.1) is 13.8 Å². The van der Waals surface area contributed by atoms with E-state index in [4.69, 9.17) is 9.47 Å². The van der Waals surface area contributed by atoms with Gasteiger partial charge in [-0.2, -0.15) is 0 Å². The van der Waals surface area contributed by atoms with E-state index < -0.39 is 5.97 Å². The van der Waals surface area contributed by atoms with Crippen LogP contribution in [0.5, 0.6) is 5.75 Å². The molecule has 0 saturated heterocycles. The standard InChI is InChI=1S/C24H30N2O4/c1-5-29-22-11-6-19(7-12-22)15-25(4)23(27)16-30-24(28)13-8-20-14-17(2)26(18(20)3)21-9-10-21/h6-8,11-14,21H,5,9-10,15-16H2,1-4H3/b13-8+. The molecule has 1 aromatic carbocycles. The number of hydrogen-bond acceptors (Lipinski definition) is 4. The van der Waals surface area contributed by atoms with Gasteiger partial charge in [0.1, 0.15) is 5.75 Å². The Morgan fingerprint density at radius 1 is 1.20 bits per heavy atom. The first-order chi connectivity index (χ1) is 14.4. The molecule has 0 N–H and O–H groups in total. The van der Waals surface area contributed by atoms with Gasteiger partial charge >= 0.3 is 5.97 Å². The Hall–Kier alpha value is -3.02. The molecule has 1 amide bonds. The maximum atomic E-state index is 12.3. The number of ether oxygens (including phenoxy) is 2. The highest BCUT2D eigenvalue weighted by molar-refractivity contribution is 5.89. The lowest BCUT2D eigenvalue weighted by Gasteiger charge is -2.17. The van der Waals surface area contributed by atoms with Crippen LogP contribution in [0.4, 0.5) is 0 Å². The van der Waals surface area contributed by atoms with Crippen LogP contribution in [-0.2, 0) is 20.9 Å². The predicted molar refractivity (Wildman–Crippen MR) is 116 cm³/mol. The first-order valence-electron chi connectivity index (χ1n) is 10.4. The number of nitrogens with zero attached hydrogens (tertiary/aromatic N) is 2. The van der Waals surface area contributed by atoms with Crippen LogP contribution in [0.15, 0.2) is 36.4 Å². The Morgan fingerprint density at radius 2 is 1.90 bits per heavy atom. The maximum Gasteiger partial charge on any atom is 0.331 e. The lowest BCUT2D eigenvalue weighted by atomic mass is 10.2. The minimum absolute atomic E-state index is 0.252. The van der Waals surface area contributed by atoms with Gasteiger partial charge in [0.25, 0.3) is 5.91 Å². The number of aromatic nitrogens is 1. The highest BCUT2D eigenvalue weighted by atomic mass is 16.5. The second kappa shape index (κ2) is 9.65. The molecule has 30 heavy (non-hydrogen) atoms. The van der Waals surface area contributed by atoms with Gasteiger partial charge in [-0.3, -0.25) is 4.79 Å². The third-order valence-corrected chi connectivity index (χ3v) is 5.25. The van der Waals surface area contributed by atoms with Crippen molar-refractivity contribution in [1.29, 1.82) is 0 Å². The van der Waals surface area contributed by atoms with Gasteiger partial charge in [-0.1, -0.05) is 12.1 Å². The molecule has 6 nitrogen and oxygen atoms in total. The summed E-state index contributed by atoms with van der Waals surface area (Å²) in [5, 5.41) is 0. The molecule has 6 heteroatoms. The molecule has 1 fully saturated rings. The summed E-state index contributed by atoms with van der Waals surface area (Å²) in [6, 6.07) is 10.3. The van der Waals surface area contributed by atoms with Gasteiger partial charge in [0.15, 0.2) is 6.61 Å². The quantitative estimate of drug-likeness (QED) is 0.462. The number of hydrogen-bond donors (Lipinski definition) is 0. The molecule has 0 unspecified atom stereocenters. The maximum absolute atomic E-state index is 12.3. The van der Waals surface area contributed by atoms with Crippen LogP contribution >= 0.6 is 0 Å². The van der Waals surface area contributed by atoms with E-state index in [9.17, 15) is 9.59 Å². The number of rotatable bonds is 9. The minimum Gasteiger partial charge on any atom is -0.494 e. The number of likely N-dealkylation sites (N-methyl/N-ethyl adjacent to an activating group) is 1. The van der Waals surface area contributed by atoms with Crippen molar-refractivity contribution in [2.75, 3.05) is 20.3 Å². The van der Waals surface area contributed by atoms with E-state index >= 15 is 0 Å². The van der Waals surface area contributed by atoms with Crippen LogP contribution < -0.4 is 4.74 Å². The molecule has 0 spiro atoms. The summed E-state index contributed by atoms with van der Waals surface area (Å²) in [5.41, 5.74) is 4.35. The van der Waals surface area contributed by atoms with Crippen LogP contribution in [0.3, 0.4) is 0 Å². The van der Waals surface area contributed by atoms with Crippen molar-refractivity contribution in [3.8, 4) is 5.75 Å². The number of aryl methyl sites for hydroxylation is 1. The Labute approximate surface area is 178 Å². The Bertz CT molecular complexity index is 923. The molecule has 0 aliphatic heterocycles. The average molecular weight is 411 g/mol. The number of benzene rings is 1. The van der Waals surface area contributed by atoms with Gasteiger partial charge in [-0.05, 0) is 69.0 Å². The number of carbonyl (C=O) groups is 2. The zero-order chi connectivity index (χ0) is 21.7. The van der Waals surface area contributed by atoms with Gasteiger partial charge in [-0.25, -0.2) is 4.79 Å². The van der Waals surface area contributed by atoms with Gasteiger partial charge < -0.3 is 18.9 Å². The first kappa shape index (κ1) is 21.7. The van der Waals surface area contributed by atoms with Crippen LogP contribution in [0.25, 0.3) is 6.08 Å². The molecule has 1 saturated carbocycles. The topological polar surface area (TPSA) is 60.8 Å². The molecule has 0 radical (unpaired) electrons. The van der Waals surface area contributed by atoms with Crippen molar-refractivity contribution >= 4 is 18.0 Å². The molecule has 1 heterocycles. The highest BCUT2D eigenvalue weighted by Crippen LogP contribution is 2.38. The van der Waals surface area contributed by atoms with E-state index in [-0.39, 0.29) is 12.5 Å². The van der Waals surface area contributed by atoms with Gasteiger partial charge in [0.05, 0.1) is 6.61 Å².